The monoisotopic (exact) mass is 259 g/mol. The molecule has 0 aliphatic carbocycles. The van der Waals surface area contributed by atoms with Crippen molar-refractivity contribution >= 4 is 10.0 Å². The fourth-order valence-electron chi connectivity index (χ4n) is 1.72. The fourth-order valence-corrected chi connectivity index (χ4v) is 3.02. The van der Waals surface area contributed by atoms with Crippen LogP contribution in [0.5, 0.6) is 0 Å². The number of sulfonamides is 1. The third-order valence-electron chi connectivity index (χ3n) is 2.67. The molecule has 0 saturated carbocycles. The van der Waals surface area contributed by atoms with Gasteiger partial charge in [0, 0.05) is 19.3 Å². The zero-order chi connectivity index (χ0) is 12.3. The van der Waals surface area contributed by atoms with E-state index >= 15 is 0 Å². The summed E-state index contributed by atoms with van der Waals surface area (Å²) in [4.78, 5) is 0.0883. The average Bonchev–Trinajstić information content (AvgIpc) is 2.30. The van der Waals surface area contributed by atoms with Crippen LogP contribution in [0.3, 0.4) is 0 Å². The van der Waals surface area contributed by atoms with Crippen LogP contribution in [0.2, 0.25) is 0 Å². The van der Waals surface area contributed by atoms with E-state index in [9.17, 15) is 12.8 Å². The summed E-state index contributed by atoms with van der Waals surface area (Å²) in [5, 5.41) is 0. The predicted octanol–water partition coefficient (Wildman–Crippen LogP) is 1.28. The summed E-state index contributed by atoms with van der Waals surface area (Å²) < 4.78 is 44.3. The minimum Gasteiger partial charge on any atom is -0.381 e. The summed E-state index contributed by atoms with van der Waals surface area (Å²) in [5.74, 6) is -0.449. The van der Waals surface area contributed by atoms with Crippen molar-refractivity contribution in [2.75, 3.05) is 13.2 Å². The van der Waals surface area contributed by atoms with E-state index < -0.39 is 15.8 Å². The lowest BCUT2D eigenvalue weighted by Gasteiger charge is -2.22. The molecule has 0 aromatic heterocycles. The first-order valence-electron chi connectivity index (χ1n) is 5.43. The molecule has 0 atom stereocenters. The zero-order valence-corrected chi connectivity index (χ0v) is 10.0. The SMILES string of the molecule is O=S(=O)(NC1CCOCC1)c1ccc(F)cc1. The smallest absolute Gasteiger partial charge is 0.240 e. The summed E-state index contributed by atoms with van der Waals surface area (Å²) in [7, 11) is -3.55. The Morgan fingerprint density at radius 2 is 1.76 bits per heavy atom. The number of nitrogens with one attached hydrogen (secondary N) is 1. The maximum atomic E-state index is 12.7. The summed E-state index contributed by atoms with van der Waals surface area (Å²) in [5.41, 5.74) is 0. The lowest BCUT2D eigenvalue weighted by Crippen LogP contribution is -2.38. The van der Waals surface area contributed by atoms with Gasteiger partial charge in [-0.2, -0.15) is 0 Å². The van der Waals surface area contributed by atoms with Gasteiger partial charge in [-0.15, -0.1) is 0 Å². The van der Waals surface area contributed by atoms with E-state index in [1.165, 1.54) is 12.1 Å². The first kappa shape index (κ1) is 12.5. The van der Waals surface area contributed by atoms with Gasteiger partial charge in [0.25, 0.3) is 0 Å². The number of ether oxygens (including phenoxy) is 1. The second-order valence-corrected chi connectivity index (χ2v) is 5.68. The normalized spacial score (nSPS) is 18.2. The second kappa shape index (κ2) is 5.12. The highest BCUT2D eigenvalue weighted by Gasteiger charge is 2.21. The van der Waals surface area contributed by atoms with Gasteiger partial charge in [0.2, 0.25) is 10.0 Å². The molecule has 1 aliphatic rings. The number of hydrogen-bond donors (Lipinski definition) is 1. The summed E-state index contributed by atoms with van der Waals surface area (Å²) >= 11 is 0. The third kappa shape index (κ3) is 3.24. The van der Waals surface area contributed by atoms with E-state index in [0.717, 1.165) is 12.1 Å². The molecule has 0 amide bonds. The molecule has 1 aliphatic heterocycles. The third-order valence-corrected chi connectivity index (χ3v) is 4.20. The topological polar surface area (TPSA) is 55.4 Å². The molecule has 1 fully saturated rings. The van der Waals surface area contributed by atoms with Crippen LogP contribution in [-0.4, -0.2) is 27.7 Å². The Kier molecular flexibility index (Phi) is 3.76. The van der Waals surface area contributed by atoms with Crippen LogP contribution in [0.15, 0.2) is 29.2 Å². The Balaban J connectivity index is 2.10. The Morgan fingerprint density at radius 3 is 2.35 bits per heavy atom. The largest absolute Gasteiger partial charge is 0.381 e. The van der Waals surface area contributed by atoms with Crippen molar-refractivity contribution in [3.05, 3.63) is 30.1 Å². The van der Waals surface area contributed by atoms with E-state index in [-0.39, 0.29) is 10.9 Å². The van der Waals surface area contributed by atoms with Gasteiger partial charge in [0.05, 0.1) is 4.90 Å². The predicted molar refractivity (Wildman–Crippen MR) is 60.6 cm³/mol. The highest BCUT2D eigenvalue weighted by molar-refractivity contribution is 7.89. The molecular formula is C11H14FNO3S. The lowest BCUT2D eigenvalue weighted by molar-refractivity contribution is 0.0832. The molecular weight excluding hydrogens is 245 g/mol. The Labute approximate surface area is 99.8 Å². The minimum absolute atomic E-state index is 0.0883. The molecule has 1 N–H and O–H groups in total. The van der Waals surface area contributed by atoms with Crippen molar-refractivity contribution in [2.45, 2.75) is 23.8 Å². The molecule has 1 aromatic carbocycles. The standard InChI is InChI=1S/C11H14FNO3S/c12-9-1-3-11(4-2-9)17(14,15)13-10-5-7-16-8-6-10/h1-4,10,13H,5-8H2. The van der Waals surface area contributed by atoms with Gasteiger partial charge in [0.1, 0.15) is 5.82 Å². The van der Waals surface area contributed by atoms with Crippen molar-refractivity contribution in [3.63, 3.8) is 0 Å². The second-order valence-electron chi connectivity index (χ2n) is 3.96. The van der Waals surface area contributed by atoms with Crippen LogP contribution >= 0.6 is 0 Å². The van der Waals surface area contributed by atoms with Crippen molar-refractivity contribution in [1.82, 2.24) is 4.72 Å². The minimum atomic E-state index is -3.55. The number of halogens is 1. The van der Waals surface area contributed by atoms with Crippen LogP contribution in [0.4, 0.5) is 4.39 Å². The van der Waals surface area contributed by atoms with Crippen LogP contribution in [0.25, 0.3) is 0 Å². The maximum Gasteiger partial charge on any atom is 0.240 e. The molecule has 1 heterocycles. The van der Waals surface area contributed by atoms with E-state index in [4.69, 9.17) is 4.74 Å². The van der Waals surface area contributed by atoms with Crippen molar-refractivity contribution < 1.29 is 17.5 Å². The van der Waals surface area contributed by atoms with Gasteiger partial charge in [-0.25, -0.2) is 17.5 Å². The Morgan fingerprint density at radius 1 is 1.18 bits per heavy atom. The fraction of sp³-hybridized carbons (Fsp3) is 0.455. The number of hydrogen-bond acceptors (Lipinski definition) is 3. The molecule has 94 valence electrons. The first-order valence-corrected chi connectivity index (χ1v) is 6.92. The molecule has 2 rings (SSSR count). The molecule has 0 unspecified atom stereocenters. The van der Waals surface area contributed by atoms with Crippen molar-refractivity contribution in [3.8, 4) is 0 Å². The first-order chi connectivity index (χ1) is 8.08. The van der Waals surface area contributed by atoms with E-state index in [1.807, 2.05) is 0 Å². The summed E-state index contributed by atoms with van der Waals surface area (Å²) in [6.45, 7) is 1.13. The van der Waals surface area contributed by atoms with E-state index in [1.54, 1.807) is 0 Å². The van der Waals surface area contributed by atoms with E-state index in [0.29, 0.717) is 26.1 Å². The molecule has 0 bridgehead atoms. The molecule has 17 heavy (non-hydrogen) atoms. The maximum absolute atomic E-state index is 12.7. The molecule has 6 heteroatoms. The van der Waals surface area contributed by atoms with Crippen LogP contribution < -0.4 is 4.72 Å². The summed E-state index contributed by atoms with van der Waals surface area (Å²) in [6.07, 6.45) is 1.33. The number of rotatable bonds is 3. The van der Waals surface area contributed by atoms with Crippen molar-refractivity contribution in [2.24, 2.45) is 0 Å². The van der Waals surface area contributed by atoms with Crippen LogP contribution in [0, 0.1) is 5.82 Å². The van der Waals surface area contributed by atoms with Gasteiger partial charge in [-0.3, -0.25) is 0 Å². The molecule has 1 aromatic rings. The quantitative estimate of drug-likeness (QED) is 0.889. The molecule has 1 saturated heterocycles. The highest BCUT2D eigenvalue weighted by Crippen LogP contribution is 2.13. The Hall–Kier alpha value is -0.980. The van der Waals surface area contributed by atoms with Gasteiger partial charge >= 0.3 is 0 Å². The van der Waals surface area contributed by atoms with Gasteiger partial charge in [-0.05, 0) is 37.1 Å². The molecule has 4 nitrogen and oxygen atoms in total. The van der Waals surface area contributed by atoms with Gasteiger partial charge < -0.3 is 4.74 Å². The average molecular weight is 259 g/mol. The molecule has 0 spiro atoms. The Bertz CT molecular complexity index is 466. The van der Waals surface area contributed by atoms with Crippen LogP contribution in [0.1, 0.15) is 12.8 Å². The number of benzene rings is 1. The van der Waals surface area contributed by atoms with Gasteiger partial charge in [-0.1, -0.05) is 0 Å². The van der Waals surface area contributed by atoms with E-state index in [2.05, 4.69) is 4.72 Å². The lowest BCUT2D eigenvalue weighted by atomic mass is 10.1. The van der Waals surface area contributed by atoms with Gasteiger partial charge in [0.15, 0.2) is 0 Å². The highest BCUT2D eigenvalue weighted by atomic mass is 32.2. The van der Waals surface area contributed by atoms with Crippen molar-refractivity contribution in [1.29, 1.82) is 0 Å². The molecule has 0 radical (unpaired) electrons. The van der Waals surface area contributed by atoms with Crippen LogP contribution in [-0.2, 0) is 14.8 Å². The zero-order valence-electron chi connectivity index (χ0n) is 9.23. The summed E-state index contributed by atoms with van der Waals surface area (Å²) in [6, 6.07) is 4.70.